The first-order valence-corrected chi connectivity index (χ1v) is 12.2. The Kier molecular flexibility index (Phi) is 6.61. The van der Waals surface area contributed by atoms with E-state index >= 15 is 0 Å². The van der Waals surface area contributed by atoms with Crippen molar-refractivity contribution in [2.24, 2.45) is 10.4 Å². The van der Waals surface area contributed by atoms with Crippen LogP contribution in [0.5, 0.6) is 0 Å². The zero-order chi connectivity index (χ0) is 23.6. The topological polar surface area (TPSA) is 44.7 Å². The number of anilines is 2. The monoisotopic (exact) mass is 457 g/mol. The molecule has 170 valence electrons. The van der Waals surface area contributed by atoms with Gasteiger partial charge in [0.25, 0.3) is 0 Å². The smallest absolute Gasteiger partial charge is 0.231 e. The molecule has 0 saturated heterocycles. The summed E-state index contributed by atoms with van der Waals surface area (Å²) in [5, 5.41) is 3.75. The Morgan fingerprint density at radius 2 is 1.58 bits per heavy atom. The molecule has 4 rings (SSSR count). The summed E-state index contributed by atoms with van der Waals surface area (Å²) in [5.74, 6) is -0.0288. The highest BCUT2D eigenvalue weighted by atomic mass is 32.2. The molecule has 3 aromatic carbocycles. The van der Waals surface area contributed by atoms with E-state index in [1.54, 1.807) is 11.8 Å². The highest BCUT2D eigenvalue weighted by Crippen LogP contribution is 2.45. The van der Waals surface area contributed by atoms with Gasteiger partial charge in [0.2, 0.25) is 5.91 Å². The fourth-order valence-electron chi connectivity index (χ4n) is 3.78. The van der Waals surface area contributed by atoms with Gasteiger partial charge in [-0.2, -0.15) is 0 Å². The maximum absolute atomic E-state index is 12.6. The van der Waals surface area contributed by atoms with Crippen LogP contribution < -0.4 is 10.2 Å². The van der Waals surface area contributed by atoms with E-state index in [0.717, 1.165) is 23.5 Å². The number of benzene rings is 3. The van der Waals surface area contributed by atoms with Gasteiger partial charge in [-0.1, -0.05) is 80.6 Å². The number of thioether (sulfide) groups is 1. The van der Waals surface area contributed by atoms with Gasteiger partial charge in [0.05, 0.1) is 10.9 Å². The maximum Gasteiger partial charge on any atom is 0.231 e. The highest BCUT2D eigenvalue weighted by Gasteiger charge is 2.29. The summed E-state index contributed by atoms with van der Waals surface area (Å²) < 4.78 is 0. The average Bonchev–Trinajstić information content (AvgIpc) is 2.80. The SMILES string of the molecule is CCN(c1ccc(C)cc1)c1ccc(C2SC(NC(=O)C(C)(C)C)=Nc3ccccc32)cc1. The van der Waals surface area contributed by atoms with Gasteiger partial charge in [0.15, 0.2) is 5.17 Å². The summed E-state index contributed by atoms with van der Waals surface area (Å²) in [7, 11) is 0. The largest absolute Gasteiger partial charge is 0.342 e. The van der Waals surface area contributed by atoms with Gasteiger partial charge in [0.1, 0.15) is 0 Å². The number of amidine groups is 1. The fourth-order valence-corrected chi connectivity index (χ4v) is 4.92. The number of aliphatic imine (C=N–C) groups is 1. The van der Waals surface area contributed by atoms with Crippen molar-refractivity contribution in [1.82, 2.24) is 5.32 Å². The van der Waals surface area contributed by atoms with Crippen LogP contribution in [0.1, 0.15) is 49.6 Å². The number of carbonyl (C=O) groups is 1. The Hall–Kier alpha value is -3.05. The predicted molar refractivity (Wildman–Crippen MR) is 141 cm³/mol. The van der Waals surface area contributed by atoms with Gasteiger partial charge in [-0.05, 0) is 55.3 Å². The van der Waals surface area contributed by atoms with Crippen LogP contribution >= 0.6 is 11.8 Å². The summed E-state index contributed by atoms with van der Waals surface area (Å²) in [6.45, 7) is 10.9. The second kappa shape index (κ2) is 9.44. The van der Waals surface area contributed by atoms with Crippen molar-refractivity contribution < 1.29 is 4.79 Å². The molecule has 0 saturated carbocycles. The van der Waals surface area contributed by atoms with Gasteiger partial charge in [-0.3, -0.25) is 4.79 Å². The third-order valence-corrected chi connectivity index (χ3v) is 6.92. The van der Waals surface area contributed by atoms with Crippen molar-refractivity contribution in [1.29, 1.82) is 0 Å². The van der Waals surface area contributed by atoms with E-state index in [-0.39, 0.29) is 11.2 Å². The summed E-state index contributed by atoms with van der Waals surface area (Å²) in [4.78, 5) is 19.6. The van der Waals surface area contributed by atoms with Crippen LogP contribution in [-0.2, 0) is 4.79 Å². The van der Waals surface area contributed by atoms with Crippen molar-refractivity contribution in [3.8, 4) is 0 Å². The molecule has 0 aromatic heterocycles. The van der Waals surface area contributed by atoms with E-state index in [4.69, 9.17) is 4.99 Å². The molecule has 33 heavy (non-hydrogen) atoms. The van der Waals surface area contributed by atoms with Crippen molar-refractivity contribution >= 4 is 39.9 Å². The molecule has 1 N–H and O–H groups in total. The molecule has 1 amide bonds. The van der Waals surface area contributed by atoms with E-state index in [1.165, 1.54) is 16.8 Å². The summed E-state index contributed by atoms with van der Waals surface area (Å²) in [6, 6.07) is 25.5. The molecule has 0 aliphatic carbocycles. The molecular formula is C28H31N3OS. The summed E-state index contributed by atoms with van der Waals surface area (Å²) in [5.41, 5.74) is 6.39. The quantitative estimate of drug-likeness (QED) is 0.453. The van der Waals surface area contributed by atoms with Gasteiger partial charge >= 0.3 is 0 Å². The lowest BCUT2D eigenvalue weighted by molar-refractivity contribution is -0.126. The Labute approximate surface area is 201 Å². The third kappa shape index (κ3) is 5.14. The molecule has 1 atom stereocenters. The van der Waals surface area contributed by atoms with E-state index < -0.39 is 5.41 Å². The number of fused-ring (bicyclic) bond motifs is 1. The molecule has 4 nitrogen and oxygen atoms in total. The van der Waals surface area contributed by atoms with Crippen LogP contribution in [0.3, 0.4) is 0 Å². The van der Waals surface area contributed by atoms with Gasteiger partial charge in [0, 0.05) is 23.3 Å². The first kappa shape index (κ1) is 23.1. The standard InChI is InChI=1S/C28H31N3OS/c1-6-31(21-15-11-19(2)12-16-21)22-17-13-20(14-18-22)25-23-9-7-8-10-24(23)29-27(33-25)30-26(32)28(3,4)5/h7-18,25H,6H2,1-5H3,(H,29,30,32). The van der Waals surface area contributed by atoms with E-state index in [0.29, 0.717) is 5.17 Å². The van der Waals surface area contributed by atoms with Gasteiger partial charge < -0.3 is 10.2 Å². The number of rotatable bonds is 4. The van der Waals surface area contributed by atoms with Crippen LogP contribution in [0, 0.1) is 12.3 Å². The maximum atomic E-state index is 12.6. The summed E-state index contributed by atoms with van der Waals surface area (Å²) in [6.07, 6.45) is 0. The van der Waals surface area contributed by atoms with E-state index in [2.05, 4.69) is 78.7 Å². The average molecular weight is 458 g/mol. The Bertz CT molecular complexity index is 1160. The van der Waals surface area contributed by atoms with Crippen LogP contribution in [0.4, 0.5) is 17.1 Å². The fraction of sp³-hybridized carbons (Fsp3) is 0.286. The van der Waals surface area contributed by atoms with Crippen molar-refractivity contribution in [3.63, 3.8) is 0 Å². The predicted octanol–water partition coefficient (Wildman–Crippen LogP) is 7.14. The second-order valence-corrected chi connectivity index (χ2v) is 10.4. The molecule has 1 heterocycles. The lowest BCUT2D eigenvalue weighted by Gasteiger charge is -2.27. The minimum Gasteiger partial charge on any atom is -0.342 e. The molecular weight excluding hydrogens is 426 g/mol. The number of hydrogen-bond acceptors (Lipinski definition) is 4. The molecule has 0 bridgehead atoms. The Balaban J connectivity index is 1.62. The van der Waals surface area contributed by atoms with Crippen LogP contribution in [-0.4, -0.2) is 17.6 Å². The Morgan fingerprint density at radius 3 is 2.18 bits per heavy atom. The van der Waals surface area contributed by atoms with Crippen molar-refractivity contribution in [2.45, 2.75) is 39.9 Å². The molecule has 1 unspecified atom stereocenters. The minimum absolute atomic E-state index is 0.0288. The molecule has 1 aliphatic rings. The van der Waals surface area contributed by atoms with E-state index in [9.17, 15) is 4.79 Å². The number of nitrogens with zero attached hydrogens (tertiary/aromatic N) is 2. The van der Waals surface area contributed by atoms with Crippen LogP contribution in [0.2, 0.25) is 0 Å². The molecule has 0 radical (unpaired) electrons. The number of aryl methyl sites for hydroxylation is 1. The summed E-state index contributed by atoms with van der Waals surface area (Å²) >= 11 is 1.59. The van der Waals surface area contributed by atoms with Crippen LogP contribution in [0.25, 0.3) is 0 Å². The first-order valence-electron chi connectivity index (χ1n) is 11.4. The minimum atomic E-state index is -0.475. The zero-order valence-corrected chi connectivity index (χ0v) is 20.7. The molecule has 1 aliphatic heterocycles. The lowest BCUT2D eigenvalue weighted by Crippen LogP contribution is -2.38. The number of carbonyl (C=O) groups excluding carboxylic acids is 1. The van der Waals surface area contributed by atoms with Gasteiger partial charge in [-0.15, -0.1) is 0 Å². The number of amides is 1. The molecule has 0 fully saturated rings. The van der Waals surface area contributed by atoms with Crippen molar-refractivity contribution in [2.75, 3.05) is 11.4 Å². The second-order valence-electron chi connectivity index (χ2n) is 9.35. The van der Waals surface area contributed by atoms with E-state index in [1.807, 2.05) is 39.0 Å². The Morgan fingerprint density at radius 1 is 0.970 bits per heavy atom. The molecule has 5 heteroatoms. The number of hydrogen-bond donors (Lipinski definition) is 1. The lowest BCUT2D eigenvalue weighted by atomic mass is 9.96. The number of nitrogens with one attached hydrogen (secondary N) is 1. The van der Waals surface area contributed by atoms with Crippen LogP contribution in [0.15, 0.2) is 77.8 Å². The zero-order valence-electron chi connectivity index (χ0n) is 19.9. The molecule has 3 aromatic rings. The normalized spacial score (nSPS) is 15.4. The molecule has 0 spiro atoms. The van der Waals surface area contributed by atoms with Crippen molar-refractivity contribution in [3.05, 3.63) is 89.5 Å². The third-order valence-electron chi connectivity index (χ3n) is 5.74. The highest BCUT2D eigenvalue weighted by molar-refractivity contribution is 8.14. The number of para-hydroxylation sites is 1. The van der Waals surface area contributed by atoms with Gasteiger partial charge in [-0.25, -0.2) is 4.99 Å². The first-order chi connectivity index (χ1) is 15.8.